The fourth-order valence-corrected chi connectivity index (χ4v) is 2.06. The van der Waals surface area contributed by atoms with Crippen LogP contribution in [0.5, 0.6) is 0 Å². The number of hydrogen-bond donors (Lipinski definition) is 2. The Morgan fingerprint density at radius 3 is 3.22 bits per heavy atom. The van der Waals surface area contributed by atoms with E-state index in [-0.39, 0.29) is 12.0 Å². The number of nitrogens with one attached hydrogen (secondary N) is 2. The second-order valence-electron chi connectivity index (χ2n) is 4.10. The average molecular weight is 250 g/mol. The number of aromatic amines is 1. The summed E-state index contributed by atoms with van der Waals surface area (Å²) in [6.45, 7) is 4.20. The third-order valence-corrected chi connectivity index (χ3v) is 2.93. The first-order valence-corrected chi connectivity index (χ1v) is 5.89. The summed E-state index contributed by atoms with van der Waals surface area (Å²) in [5.41, 5.74) is 0. The standard InChI is InChI=1S/C10H14N6O2/c1-2-11-7-4-17-3-6(7)10-14-9(16-18-10)8-12-5-13-15-8/h5-7,11H,2-4H2,1H3,(H,12,13,15). The summed E-state index contributed by atoms with van der Waals surface area (Å²) in [4.78, 5) is 8.32. The maximum Gasteiger partial charge on any atom is 0.239 e. The Bertz CT molecular complexity index is 496. The Hall–Kier alpha value is -1.80. The van der Waals surface area contributed by atoms with Crippen LogP contribution in [0.25, 0.3) is 11.6 Å². The third kappa shape index (κ3) is 2.00. The van der Waals surface area contributed by atoms with Crippen LogP contribution in [0.15, 0.2) is 10.9 Å². The molecule has 1 aliphatic heterocycles. The monoisotopic (exact) mass is 250 g/mol. The van der Waals surface area contributed by atoms with Gasteiger partial charge >= 0.3 is 0 Å². The number of likely N-dealkylation sites (N-methyl/N-ethyl adjacent to an activating group) is 1. The first-order chi connectivity index (χ1) is 8.88. The van der Waals surface area contributed by atoms with Gasteiger partial charge in [0.2, 0.25) is 11.7 Å². The van der Waals surface area contributed by atoms with Crippen LogP contribution < -0.4 is 5.32 Å². The summed E-state index contributed by atoms with van der Waals surface area (Å²) in [6.07, 6.45) is 1.41. The smallest absolute Gasteiger partial charge is 0.239 e. The second kappa shape index (κ2) is 4.83. The van der Waals surface area contributed by atoms with E-state index < -0.39 is 0 Å². The number of nitrogens with zero attached hydrogens (tertiary/aromatic N) is 4. The predicted octanol–water partition coefficient (Wildman–Crippen LogP) is -0.0534. The summed E-state index contributed by atoms with van der Waals surface area (Å²) in [6, 6.07) is 0.220. The van der Waals surface area contributed by atoms with Crippen molar-refractivity contribution in [2.45, 2.75) is 18.9 Å². The number of aromatic nitrogens is 5. The van der Waals surface area contributed by atoms with Crippen molar-refractivity contribution in [2.24, 2.45) is 0 Å². The lowest BCUT2D eigenvalue weighted by atomic mass is 10.0. The van der Waals surface area contributed by atoms with Crippen molar-refractivity contribution >= 4 is 0 Å². The lowest BCUT2D eigenvalue weighted by molar-refractivity contribution is 0.185. The molecule has 3 rings (SSSR count). The van der Waals surface area contributed by atoms with Crippen molar-refractivity contribution in [3.05, 3.63) is 12.2 Å². The van der Waals surface area contributed by atoms with E-state index >= 15 is 0 Å². The molecule has 2 atom stereocenters. The molecule has 1 saturated heterocycles. The van der Waals surface area contributed by atoms with E-state index in [9.17, 15) is 0 Å². The van der Waals surface area contributed by atoms with Crippen molar-refractivity contribution in [1.29, 1.82) is 0 Å². The van der Waals surface area contributed by atoms with Gasteiger partial charge in [-0.3, -0.25) is 5.10 Å². The van der Waals surface area contributed by atoms with Gasteiger partial charge in [-0.2, -0.15) is 10.1 Å². The van der Waals surface area contributed by atoms with E-state index in [1.807, 2.05) is 0 Å². The largest absolute Gasteiger partial charge is 0.379 e. The number of hydrogen-bond acceptors (Lipinski definition) is 7. The van der Waals surface area contributed by atoms with Crippen molar-refractivity contribution in [1.82, 2.24) is 30.6 Å². The van der Waals surface area contributed by atoms with Gasteiger partial charge in [0.25, 0.3) is 0 Å². The molecule has 0 aliphatic carbocycles. The van der Waals surface area contributed by atoms with Gasteiger partial charge in [0, 0.05) is 6.04 Å². The molecular formula is C10H14N6O2. The molecule has 0 aromatic carbocycles. The SMILES string of the molecule is CCNC1COCC1c1nc(-c2ncn[nH]2)no1. The topological polar surface area (TPSA) is 102 Å². The highest BCUT2D eigenvalue weighted by molar-refractivity contribution is 5.39. The van der Waals surface area contributed by atoms with Gasteiger partial charge in [0.15, 0.2) is 5.82 Å². The van der Waals surface area contributed by atoms with Crippen molar-refractivity contribution in [2.75, 3.05) is 19.8 Å². The Morgan fingerprint density at radius 2 is 2.44 bits per heavy atom. The molecule has 3 heterocycles. The van der Waals surface area contributed by atoms with Gasteiger partial charge in [-0.1, -0.05) is 12.1 Å². The highest BCUT2D eigenvalue weighted by Gasteiger charge is 2.33. The first kappa shape index (κ1) is 11.3. The van der Waals surface area contributed by atoms with Crippen LogP contribution in [0.3, 0.4) is 0 Å². The van der Waals surface area contributed by atoms with Gasteiger partial charge in [0.1, 0.15) is 6.33 Å². The van der Waals surface area contributed by atoms with Crippen LogP contribution in [0.2, 0.25) is 0 Å². The van der Waals surface area contributed by atoms with E-state index in [0.717, 1.165) is 6.54 Å². The van der Waals surface area contributed by atoms with E-state index in [2.05, 4.69) is 37.6 Å². The fraction of sp³-hybridized carbons (Fsp3) is 0.600. The molecule has 8 heteroatoms. The molecule has 0 saturated carbocycles. The van der Waals surface area contributed by atoms with Crippen LogP contribution >= 0.6 is 0 Å². The molecule has 1 aliphatic rings. The van der Waals surface area contributed by atoms with Gasteiger partial charge in [-0.15, -0.1) is 0 Å². The quantitative estimate of drug-likeness (QED) is 0.784. The Morgan fingerprint density at radius 1 is 1.50 bits per heavy atom. The molecule has 0 amide bonds. The molecule has 18 heavy (non-hydrogen) atoms. The summed E-state index contributed by atoms with van der Waals surface area (Å²) in [7, 11) is 0. The highest BCUT2D eigenvalue weighted by atomic mass is 16.5. The predicted molar refractivity (Wildman–Crippen MR) is 60.7 cm³/mol. The molecule has 1 fully saturated rings. The summed E-state index contributed by atoms with van der Waals surface area (Å²) < 4.78 is 10.7. The summed E-state index contributed by atoms with van der Waals surface area (Å²) in [5.74, 6) is 1.59. The Kier molecular flexibility index (Phi) is 3.03. The van der Waals surface area contributed by atoms with E-state index in [4.69, 9.17) is 9.26 Å². The minimum Gasteiger partial charge on any atom is -0.379 e. The van der Waals surface area contributed by atoms with E-state index in [1.54, 1.807) is 0 Å². The normalized spacial score (nSPS) is 23.6. The molecule has 2 unspecified atom stereocenters. The maximum absolute atomic E-state index is 5.45. The third-order valence-electron chi connectivity index (χ3n) is 2.93. The van der Waals surface area contributed by atoms with Gasteiger partial charge in [-0.05, 0) is 6.54 Å². The Labute approximate surface area is 103 Å². The van der Waals surface area contributed by atoms with Crippen molar-refractivity contribution < 1.29 is 9.26 Å². The molecule has 0 spiro atoms. The molecule has 0 radical (unpaired) electrons. The van der Waals surface area contributed by atoms with Gasteiger partial charge in [-0.25, -0.2) is 4.98 Å². The summed E-state index contributed by atoms with van der Waals surface area (Å²) in [5, 5.41) is 13.7. The van der Waals surface area contributed by atoms with Crippen LogP contribution in [-0.4, -0.2) is 51.1 Å². The van der Waals surface area contributed by atoms with E-state index in [1.165, 1.54) is 6.33 Å². The molecule has 96 valence electrons. The lowest BCUT2D eigenvalue weighted by Crippen LogP contribution is -2.34. The first-order valence-electron chi connectivity index (χ1n) is 5.89. The minimum absolute atomic E-state index is 0.0918. The zero-order chi connectivity index (χ0) is 12.4. The summed E-state index contributed by atoms with van der Waals surface area (Å²) >= 11 is 0. The van der Waals surface area contributed by atoms with Crippen molar-refractivity contribution in [3.63, 3.8) is 0 Å². The molecule has 2 aromatic heterocycles. The maximum atomic E-state index is 5.45. The number of ether oxygens (including phenoxy) is 1. The zero-order valence-corrected chi connectivity index (χ0v) is 9.96. The van der Waals surface area contributed by atoms with Crippen LogP contribution in [0.4, 0.5) is 0 Å². The van der Waals surface area contributed by atoms with Crippen LogP contribution in [-0.2, 0) is 4.74 Å². The van der Waals surface area contributed by atoms with E-state index in [0.29, 0.717) is 30.8 Å². The number of rotatable bonds is 4. The van der Waals surface area contributed by atoms with Crippen LogP contribution in [0.1, 0.15) is 18.7 Å². The molecule has 8 nitrogen and oxygen atoms in total. The minimum atomic E-state index is 0.0918. The van der Waals surface area contributed by atoms with Crippen molar-refractivity contribution in [3.8, 4) is 11.6 Å². The number of H-pyrrole nitrogens is 1. The molecule has 2 N–H and O–H groups in total. The van der Waals surface area contributed by atoms with Gasteiger partial charge < -0.3 is 14.6 Å². The average Bonchev–Trinajstić information content (AvgIpc) is 3.10. The Balaban J connectivity index is 1.80. The second-order valence-corrected chi connectivity index (χ2v) is 4.10. The fourth-order valence-electron chi connectivity index (χ4n) is 2.06. The highest BCUT2D eigenvalue weighted by Crippen LogP contribution is 2.25. The van der Waals surface area contributed by atoms with Gasteiger partial charge in [0.05, 0.1) is 19.1 Å². The van der Waals surface area contributed by atoms with Crippen LogP contribution in [0, 0.1) is 0 Å². The lowest BCUT2D eigenvalue weighted by Gasteiger charge is -2.13. The zero-order valence-electron chi connectivity index (χ0n) is 9.96. The molecule has 2 aromatic rings. The molecular weight excluding hydrogens is 236 g/mol. The molecule has 0 bridgehead atoms.